The highest BCUT2D eigenvalue weighted by atomic mass is 32.2. The summed E-state index contributed by atoms with van der Waals surface area (Å²) < 4.78 is 17.1. The zero-order chi connectivity index (χ0) is 13.1. The average Bonchev–Trinajstić information content (AvgIpc) is 2.49. The van der Waals surface area contributed by atoms with E-state index in [0.717, 1.165) is 29.6 Å². The summed E-state index contributed by atoms with van der Waals surface area (Å²) in [5, 5.41) is 3.36. The molecule has 2 aliphatic heterocycles. The fraction of sp³-hybridized carbons (Fsp3) is 0.571. The summed E-state index contributed by atoms with van der Waals surface area (Å²) in [5.74, 6) is 3.80. The van der Waals surface area contributed by atoms with Gasteiger partial charge in [0.15, 0.2) is 11.5 Å². The van der Waals surface area contributed by atoms with Crippen LogP contribution in [0.5, 0.6) is 11.5 Å². The number of benzene rings is 1. The first-order chi connectivity index (χ1) is 9.38. The van der Waals surface area contributed by atoms with Crippen molar-refractivity contribution < 1.29 is 14.2 Å². The second kappa shape index (κ2) is 6.03. The van der Waals surface area contributed by atoms with E-state index < -0.39 is 0 Å². The number of hydrogen-bond acceptors (Lipinski definition) is 5. The van der Waals surface area contributed by atoms with E-state index in [0.29, 0.717) is 13.2 Å². The van der Waals surface area contributed by atoms with Crippen LogP contribution < -0.4 is 14.8 Å². The molecule has 4 nitrogen and oxygen atoms in total. The van der Waals surface area contributed by atoms with E-state index in [9.17, 15) is 0 Å². The van der Waals surface area contributed by atoms with Crippen molar-refractivity contribution >= 4 is 11.8 Å². The van der Waals surface area contributed by atoms with Gasteiger partial charge in [0, 0.05) is 11.5 Å². The van der Waals surface area contributed by atoms with E-state index >= 15 is 0 Å². The standard InChI is InChI=1S/C14H19NO3S/c1-15-14(13-9-19-7-6-18-13)10-2-3-11-12(8-10)17-5-4-16-11/h2-3,8,13-15H,4-7,9H2,1H3. The molecule has 5 heteroatoms. The maximum absolute atomic E-state index is 5.87. The molecule has 3 rings (SSSR count). The third kappa shape index (κ3) is 2.83. The minimum absolute atomic E-state index is 0.198. The molecule has 1 fully saturated rings. The summed E-state index contributed by atoms with van der Waals surface area (Å²) in [5.41, 5.74) is 1.19. The van der Waals surface area contributed by atoms with Crippen molar-refractivity contribution in [2.45, 2.75) is 12.1 Å². The maximum Gasteiger partial charge on any atom is 0.161 e. The molecule has 2 aliphatic rings. The minimum Gasteiger partial charge on any atom is -0.486 e. The van der Waals surface area contributed by atoms with Crippen LogP contribution in [0.2, 0.25) is 0 Å². The molecule has 0 bridgehead atoms. The van der Waals surface area contributed by atoms with Gasteiger partial charge in [0.2, 0.25) is 0 Å². The number of fused-ring (bicyclic) bond motifs is 1. The van der Waals surface area contributed by atoms with Gasteiger partial charge in [-0.25, -0.2) is 0 Å². The van der Waals surface area contributed by atoms with Crippen molar-refractivity contribution in [1.82, 2.24) is 5.32 Å². The first-order valence-corrected chi connectivity index (χ1v) is 7.80. The zero-order valence-electron chi connectivity index (χ0n) is 11.1. The molecular weight excluding hydrogens is 262 g/mol. The second-order valence-corrected chi connectivity index (χ2v) is 5.80. The van der Waals surface area contributed by atoms with Crippen molar-refractivity contribution in [3.63, 3.8) is 0 Å². The molecule has 19 heavy (non-hydrogen) atoms. The predicted octanol–water partition coefficient (Wildman–Crippen LogP) is 1.85. The highest BCUT2D eigenvalue weighted by molar-refractivity contribution is 7.99. The molecule has 2 unspecified atom stereocenters. The van der Waals surface area contributed by atoms with Crippen LogP contribution in [0.15, 0.2) is 18.2 Å². The summed E-state index contributed by atoms with van der Waals surface area (Å²) in [4.78, 5) is 0. The first-order valence-electron chi connectivity index (χ1n) is 6.64. The molecule has 0 saturated carbocycles. The molecule has 0 aliphatic carbocycles. The van der Waals surface area contributed by atoms with Gasteiger partial charge in [0.1, 0.15) is 13.2 Å². The lowest BCUT2D eigenvalue weighted by Crippen LogP contribution is -2.36. The molecule has 2 heterocycles. The SMILES string of the molecule is CNC(c1ccc2c(c1)OCCO2)C1CSCCO1. The van der Waals surface area contributed by atoms with E-state index in [4.69, 9.17) is 14.2 Å². The molecule has 104 valence electrons. The lowest BCUT2D eigenvalue weighted by atomic mass is 10.0. The lowest BCUT2D eigenvalue weighted by molar-refractivity contribution is 0.0487. The van der Waals surface area contributed by atoms with Gasteiger partial charge in [0.05, 0.1) is 18.8 Å². The Morgan fingerprint density at radius 1 is 1.21 bits per heavy atom. The second-order valence-electron chi connectivity index (χ2n) is 4.65. The smallest absolute Gasteiger partial charge is 0.161 e. The number of hydrogen-bond donors (Lipinski definition) is 1. The van der Waals surface area contributed by atoms with Crippen molar-refractivity contribution in [3.8, 4) is 11.5 Å². The third-order valence-corrected chi connectivity index (χ3v) is 4.47. The third-order valence-electron chi connectivity index (χ3n) is 3.45. The molecule has 0 aromatic heterocycles. The van der Waals surface area contributed by atoms with Gasteiger partial charge >= 0.3 is 0 Å². The Balaban J connectivity index is 1.82. The van der Waals surface area contributed by atoms with Gasteiger partial charge in [-0.1, -0.05) is 6.07 Å². The molecule has 1 aromatic carbocycles. The molecule has 0 spiro atoms. The highest BCUT2D eigenvalue weighted by Crippen LogP contribution is 2.34. The molecule has 1 aromatic rings. The normalized spacial score (nSPS) is 23.9. The Hall–Kier alpha value is -0.910. The van der Waals surface area contributed by atoms with E-state index in [1.165, 1.54) is 5.56 Å². The maximum atomic E-state index is 5.87. The number of nitrogens with one attached hydrogen (secondary N) is 1. The van der Waals surface area contributed by atoms with Crippen LogP contribution in [0.1, 0.15) is 11.6 Å². The Morgan fingerprint density at radius 2 is 2.05 bits per heavy atom. The summed E-state index contributed by atoms with van der Waals surface area (Å²) in [6.07, 6.45) is 0.214. The monoisotopic (exact) mass is 281 g/mol. The van der Waals surface area contributed by atoms with Crippen LogP contribution in [-0.4, -0.2) is 44.5 Å². The van der Waals surface area contributed by atoms with Crippen molar-refractivity contribution in [2.24, 2.45) is 0 Å². The number of likely N-dealkylation sites (N-methyl/N-ethyl adjacent to an activating group) is 1. The summed E-state index contributed by atoms with van der Waals surface area (Å²) in [6.45, 7) is 2.08. The number of ether oxygens (including phenoxy) is 3. The Kier molecular flexibility index (Phi) is 4.15. The minimum atomic E-state index is 0.198. The van der Waals surface area contributed by atoms with Crippen LogP contribution in [0.3, 0.4) is 0 Å². The fourth-order valence-corrected chi connectivity index (χ4v) is 3.42. The molecule has 2 atom stereocenters. The molecule has 1 saturated heterocycles. The van der Waals surface area contributed by atoms with Crippen LogP contribution in [0.25, 0.3) is 0 Å². The van der Waals surface area contributed by atoms with Crippen LogP contribution >= 0.6 is 11.8 Å². The molecule has 1 N–H and O–H groups in total. The van der Waals surface area contributed by atoms with E-state index in [1.54, 1.807) is 0 Å². The largest absolute Gasteiger partial charge is 0.486 e. The summed E-state index contributed by atoms with van der Waals surface area (Å²) in [7, 11) is 1.98. The van der Waals surface area contributed by atoms with Gasteiger partial charge in [-0.05, 0) is 24.7 Å². The van der Waals surface area contributed by atoms with Gasteiger partial charge in [-0.3, -0.25) is 0 Å². The van der Waals surface area contributed by atoms with E-state index in [2.05, 4.69) is 17.4 Å². The molecule has 0 amide bonds. The Labute approximate surface area is 117 Å². The van der Waals surface area contributed by atoms with Crippen molar-refractivity contribution in [2.75, 3.05) is 38.4 Å². The van der Waals surface area contributed by atoms with Crippen molar-refractivity contribution in [1.29, 1.82) is 0 Å². The lowest BCUT2D eigenvalue weighted by Gasteiger charge is -2.31. The summed E-state index contributed by atoms with van der Waals surface area (Å²) >= 11 is 1.95. The quantitative estimate of drug-likeness (QED) is 0.915. The predicted molar refractivity (Wildman–Crippen MR) is 76.3 cm³/mol. The van der Waals surface area contributed by atoms with E-state index in [-0.39, 0.29) is 12.1 Å². The van der Waals surface area contributed by atoms with Gasteiger partial charge in [-0.15, -0.1) is 0 Å². The van der Waals surface area contributed by atoms with Crippen LogP contribution in [0.4, 0.5) is 0 Å². The topological polar surface area (TPSA) is 39.7 Å². The van der Waals surface area contributed by atoms with E-state index in [1.807, 2.05) is 24.9 Å². The van der Waals surface area contributed by atoms with Crippen LogP contribution in [0, 0.1) is 0 Å². The van der Waals surface area contributed by atoms with Gasteiger partial charge in [0.25, 0.3) is 0 Å². The fourth-order valence-electron chi connectivity index (χ4n) is 2.52. The Bertz CT molecular complexity index is 435. The Morgan fingerprint density at radius 3 is 2.79 bits per heavy atom. The number of thioether (sulfide) groups is 1. The highest BCUT2D eigenvalue weighted by Gasteiger charge is 2.26. The van der Waals surface area contributed by atoms with Crippen LogP contribution in [-0.2, 0) is 4.74 Å². The van der Waals surface area contributed by atoms with Crippen molar-refractivity contribution in [3.05, 3.63) is 23.8 Å². The molecule has 0 radical (unpaired) electrons. The summed E-state index contributed by atoms with van der Waals surface area (Å²) in [6, 6.07) is 6.35. The average molecular weight is 281 g/mol. The number of rotatable bonds is 3. The zero-order valence-corrected chi connectivity index (χ0v) is 11.9. The van der Waals surface area contributed by atoms with Gasteiger partial charge in [-0.2, -0.15) is 11.8 Å². The first kappa shape index (κ1) is 13.1. The van der Waals surface area contributed by atoms with Gasteiger partial charge < -0.3 is 19.5 Å². The molecular formula is C14H19NO3S.